The molecule has 0 saturated carbocycles. The Kier molecular flexibility index (Phi) is 5.16. The van der Waals surface area contributed by atoms with Gasteiger partial charge in [-0.3, -0.25) is 4.79 Å². The molecule has 0 saturated heterocycles. The third-order valence-corrected chi connectivity index (χ3v) is 2.18. The molecule has 100 valence electrons. The van der Waals surface area contributed by atoms with Gasteiger partial charge in [0.15, 0.2) is 0 Å². The Balaban J connectivity index is 2.40. The van der Waals surface area contributed by atoms with Crippen LogP contribution in [0, 0.1) is 0 Å². The average molecular weight is 250 g/mol. The van der Waals surface area contributed by atoms with Crippen LogP contribution in [0.4, 0.5) is 5.69 Å². The van der Waals surface area contributed by atoms with Crippen molar-refractivity contribution < 1.29 is 9.53 Å². The van der Waals surface area contributed by atoms with E-state index in [1.54, 1.807) is 0 Å². The van der Waals surface area contributed by atoms with Gasteiger partial charge < -0.3 is 15.4 Å². The summed E-state index contributed by atoms with van der Waals surface area (Å²) in [7, 11) is 0. The second-order valence-electron chi connectivity index (χ2n) is 5.23. The van der Waals surface area contributed by atoms with E-state index in [4.69, 9.17) is 4.74 Å². The highest BCUT2D eigenvalue weighted by Gasteiger charge is 2.07. The van der Waals surface area contributed by atoms with Crippen molar-refractivity contribution in [1.82, 2.24) is 5.32 Å². The first-order chi connectivity index (χ1) is 8.37. The van der Waals surface area contributed by atoms with Crippen molar-refractivity contribution in [3.8, 4) is 5.75 Å². The van der Waals surface area contributed by atoms with E-state index in [1.165, 1.54) is 6.92 Å². The smallest absolute Gasteiger partial charge is 0.221 e. The summed E-state index contributed by atoms with van der Waals surface area (Å²) in [4.78, 5) is 10.9. The SMILES string of the molecule is CC(=O)Nc1cccc(OCCNC(C)(C)C)c1. The zero-order valence-corrected chi connectivity index (χ0v) is 11.5. The van der Waals surface area contributed by atoms with Crippen molar-refractivity contribution in [2.75, 3.05) is 18.5 Å². The van der Waals surface area contributed by atoms with E-state index in [-0.39, 0.29) is 11.4 Å². The average Bonchev–Trinajstić information content (AvgIpc) is 2.23. The maximum atomic E-state index is 10.9. The number of anilines is 1. The maximum Gasteiger partial charge on any atom is 0.221 e. The van der Waals surface area contributed by atoms with Crippen LogP contribution in [-0.4, -0.2) is 24.6 Å². The predicted molar refractivity (Wildman–Crippen MR) is 74.0 cm³/mol. The van der Waals surface area contributed by atoms with Gasteiger partial charge >= 0.3 is 0 Å². The fraction of sp³-hybridized carbons (Fsp3) is 0.500. The third kappa shape index (κ3) is 6.25. The number of carbonyl (C=O) groups excluding carboxylic acids is 1. The monoisotopic (exact) mass is 250 g/mol. The first kappa shape index (κ1) is 14.5. The molecule has 18 heavy (non-hydrogen) atoms. The summed E-state index contributed by atoms with van der Waals surface area (Å²) >= 11 is 0. The number of benzene rings is 1. The summed E-state index contributed by atoms with van der Waals surface area (Å²) < 4.78 is 5.61. The number of amides is 1. The van der Waals surface area contributed by atoms with E-state index in [9.17, 15) is 4.79 Å². The Morgan fingerprint density at radius 3 is 2.67 bits per heavy atom. The number of nitrogens with one attached hydrogen (secondary N) is 2. The van der Waals surface area contributed by atoms with Crippen LogP contribution in [0.1, 0.15) is 27.7 Å². The zero-order valence-electron chi connectivity index (χ0n) is 11.5. The quantitative estimate of drug-likeness (QED) is 0.789. The highest BCUT2D eigenvalue weighted by atomic mass is 16.5. The van der Waals surface area contributed by atoms with E-state index >= 15 is 0 Å². The number of rotatable bonds is 5. The Morgan fingerprint density at radius 2 is 2.06 bits per heavy atom. The second kappa shape index (κ2) is 6.40. The molecule has 0 bridgehead atoms. The highest BCUT2D eigenvalue weighted by molar-refractivity contribution is 5.88. The maximum absolute atomic E-state index is 10.9. The predicted octanol–water partition coefficient (Wildman–Crippen LogP) is 2.41. The summed E-state index contributed by atoms with van der Waals surface area (Å²) in [6.07, 6.45) is 0. The van der Waals surface area contributed by atoms with Gasteiger partial charge in [0.2, 0.25) is 5.91 Å². The van der Waals surface area contributed by atoms with E-state index in [2.05, 4.69) is 31.4 Å². The van der Waals surface area contributed by atoms with Crippen LogP contribution >= 0.6 is 0 Å². The Morgan fingerprint density at radius 1 is 1.33 bits per heavy atom. The lowest BCUT2D eigenvalue weighted by molar-refractivity contribution is -0.114. The molecule has 0 heterocycles. The normalized spacial score (nSPS) is 11.1. The summed E-state index contributed by atoms with van der Waals surface area (Å²) in [5, 5.41) is 6.07. The molecule has 1 aromatic carbocycles. The number of ether oxygens (including phenoxy) is 1. The van der Waals surface area contributed by atoms with Gasteiger partial charge in [-0.05, 0) is 32.9 Å². The van der Waals surface area contributed by atoms with Crippen molar-refractivity contribution >= 4 is 11.6 Å². The van der Waals surface area contributed by atoms with Crippen LogP contribution in [0.25, 0.3) is 0 Å². The molecule has 0 aliphatic carbocycles. The van der Waals surface area contributed by atoms with Crippen LogP contribution in [0.15, 0.2) is 24.3 Å². The molecule has 1 rings (SSSR count). The minimum absolute atomic E-state index is 0.0819. The Hall–Kier alpha value is -1.55. The largest absolute Gasteiger partial charge is 0.492 e. The highest BCUT2D eigenvalue weighted by Crippen LogP contribution is 2.17. The number of hydrogen-bond acceptors (Lipinski definition) is 3. The lowest BCUT2D eigenvalue weighted by Crippen LogP contribution is -2.38. The van der Waals surface area contributed by atoms with Gasteiger partial charge in [0.25, 0.3) is 0 Å². The van der Waals surface area contributed by atoms with Crippen molar-refractivity contribution in [2.24, 2.45) is 0 Å². The fourth-order valence-electron chi connectivity index (χ4n) is 1.46. The molecule has 0 fully saturated rings. The Labute approximate surface area is 109 Å². The second-order valence-corrected chi connectivity index (χ2v) is 5.23. The van der Waals surface area contributed by atoms with Crippen LogP contribution in [0.3, 0.4) is 0 Å². The molecular formula is C14H22N2O2. The molecule has 1 amide bonds. The summed E-state index contributed by atoms with van der Waals surface area (Å²) in [6.45, 7) is 9.22. The molecule has 4 nitrogen and oxygen atoms in total. The summed E-state index contributed by atoms with van der Waals surface area (Å²) in [6, 6.07) is 7.39. The fourth-order valence-corrected chi connectivity index (χ4v) is 1.46. The van der Waals surface area contributed by atoms with Crippen molar-refractivity contribution in [1.29, 1.82) is 0 Å². The molecular weight excluding hydrogens is 228 g/mol. The van der Waals surface area contributed by atoms with E-state index in [1.807, 2.05) is 24.3 Å². The minimum atomic E-state index is -0.0819. The third-order valence-electron chi connectivity index (χ3n) is 2.18. The molecule has 0 spiro atoms. The first-order valence-electron chi connectivity index (χ1n) is 6.12. The summed E-state index contributed by atoms with van der Waals surface area (Å²) in [5.74, 6) is 0.679. The van der Waals surface area contributed by atoms with Gasteiger partial charge in [-0.25, -0.2) is 0 Å². The molecule has 0 aromatic heterocycles. The lowest BCUT2D eigenvalue weighted by atomic mass is 10.1. The van der Waals surface area contributed by atoms with Gasteiger partial charge in [0.1, 0.15) is 12.4 Å². The molecule has 2 N–H and O–H groups in total. The lowest BCUT2D eigenvalue weighted by Gasteiger charge is -2.20. The van der Waals surface area contributed by atoms with Crippen molar-refractivity contribution in [3.05, 3.63) is 24.3 Å². The van der Waals surface area contributed by atoms with Gasteiger partial charge in [-0.1, -0.05) is 6.07 Å². The molecule has 0 radical (unpaired) electrons. The van der Waals surface area contributed by atoms with Gasteiger partial charge in [0.05, 0.1) is 0 Å². The van der Waals surface area contributed by atoms with Crippen LogP contribution in [-0.2, 0) is 4.79 Å². The van der Waals surface area contributed by atoms with Gasteiger partial charge in [0, 0.05) is 30.8 Å². The van der Waals surface area contributed by atoms with Gasteiger partial charge in [-0.2, -0.15) is 0 Å². The zero-order chi connectivity index (χ0) is 13.6. The molecule has 0 atom stereocenters. The number of hydrogen-bond donors (Lipinski definition) is 2. The van der Waals surface area contributed by atoms with Crippen molar-refractivity contribution in [2.45, 2.75) is 33.2 Å². The van der Waals surface area contributed by atoms with Crippen LogP contribution in [0.5, 0.6) is 5.75 Å². The minimum Gasteiger partial charge on any atom is -0.492 e. The van der Waals surface area contributed by atoms with Crippen molar-refractivity contribution in [3.63, 3.8) is 0 Å². The van der Waals surface area contributed by atoms with E-state index < -0.39 is 0 Å². The van der Waals surface area contributed by atoms with E-state index in [0.717, 1.165) is 18.0 Å². The Bertz CT molecular complexity index is 397. The molecule has 4 heteroatoms. The van der Waals surface area contributed by atoms with E-state index in [0.29, 0.717) is 6.61 Å². The molecule has 0 aliphatic rings. The molecule has 0 aliphatic heterocycles. The topological polar surface area (TPSA) is 50.4 Å². The molecule has 0 unspecified atom stereocenters. The van der Waals surface area contributed by atoms with Gasteiger partial charge in [-0.15, -0.1) is 0 Å². The first-order valence-corrected chi connectivity index (χ1v) is 6.12. The standard InChI is InChI=1S/C14H22N2O2/c1-11(17)16-12-6-5-7-13(10-12)18-9-8-15-14(2,3)4/h5-7,10,15H,8-9H2,1-4H3,(H,16,17). The molecule has 1 aromatic rings. The summed E-state index contributed by atoms with van der Waals surface area (Å²) in [5.41, 5.74) is 0.852. The van der Waals surface area contributed by atoms with Crippen LogP contribution < -0.4 is 15.4 Å². The van der Waals surface area contributed by atoms with Crippen LogP contribution in [0.2, 0.25) is 0 Å². The number of carbonyl (C=O) groups is 1.